The van der Waals surface area contributed by atoms with E-state index in [-0.39, 0.29) is 12.6 Å². The fraction of sp³-hybridized carbons (Fsp3) is 0.571. The van der Waals surface area contributed by atoms with Crippen molar-refractivity contribution >= 4 is 11.8 Å². The summed E-state index contributed by atoms with van der Waals surface area (Å²) in [4.78, 5) is 3.50. The molecule has 4 heteroatoms. The van der Waals surface area contributed by atoms with Crippen molar-refractivity contribution in [1.29, 1.82) is 0 Å². The third kappa shape index (κ3) is 6.40. The van der Waals surface area contributed by atoms with Crippen LogP contribution in [-0.4, -0.2) is 48.0 Å². The maximum Gasteiger partial charge on any atom is 0.0558 e. The summed E-state index contributed by atoms with van der Waals surface area (Å²) in [5.74, 6) is 0.945. The number of thioether (sulfide) groups is 1. The highest BCUT2D eigenvalue weighted by Crippen LogP contribution is 2.18. The molecule has 0 saturated heterocycles. The van der Waals surface area contributed by atoms with Gasteiger partial charge in [-0.1, -0.05) is 25.1 Å². The first-order chi connectivity index (χ1) is 8.76. The fourth-order valence-electron chi connectivity index (χ4n) is 1.72. The molecule has 1 aromatic rings. The molecule has 0 amide bonds. The molecule has 0 aliphatic rings. The molecule has 3 N–H and O–H groups in total. The molecule has 3 nitrogen and oxygen atoms in total. The number of benzene rings is 1. The van der Waals surface area contributed by atoms with E-state index in [2.05, 4.69) is 24.0 Å². The second kappa shape index (κ2) is 9.39. The van der Waals surface area contributed by atoms with Gasteiger partial charge in [-0.05, 0) is 31.6 Å². The minimum absolute atomic E-state index is 0.211. The van der Waals surface area contributed by atoms with Gasteiger partial charge in [-0.3, -0.25) is 0 Å². The third-order valence-electron chi connectivity index (χ3n) is 2.89. The second-order valence-electron chi connectivity index (χ2n) is 4.33. The number of hydrogen-bond donors (Lipinski definition) is 2. The molecule has 0 saturated carbocycles. The predicted molar refractivity (Wildman–Crippen MR) is 79.0 cm³/mol. The van der Waals surface area contributed by atoms with E-state index in [1.165, 1.54) is 4.90 Å². The Labute approximate surface area is 114 Å². The lowest BCUT2D eigenvalue weighted by atomic mass is 10.2. The Balaban J connectivity index is 2.19. The van der Waals surface area contributed by atoms with E-state index in [4.69, 9.17) is 10.8 Å². The van der Waals surface area contributed by atoms with Crippen molar-refractivity contribution in [2.75, 3.05) is 32.0 Å². The Hall–Kier alpha value is -0.550. The van der Waals surface area contributed by atoms with Crippen LogP contribution in [0.3, 0.4) is 0 Å². The highest BCUT2D eigenvalue weighted by molar-refractivity contribution is 7.99. The summed E-state index contributed by atoms with van der Waals surface area (Å²) in [6.45, 7) is 5.02. The predicted octanol–water partition coefficient (Wildman–Crippen LogP) is 1.81. The molecule has 0 bridgehead atoms. The van der Waals surface area contributed by atoms with Crippen LogP contribution >= 0.6 is 11.8 Å². The quantitative estimate of drug-likeness (QED) is 0.671. The number of nitrogens with two attached hydrogens (primary N) is 1. The van der Waals surface area contributed by atoms with Crippen molar-refractivity contribution in [3.05, 3.63) is 30.3 Å². The number of likely N-dealkylation sites (N-methyl/N-ethyl adjacent to an activating group) is 1. The van der Waals surface area contributed by atoms with Gasteiger partial charge >= 0.3 is 0 Å². The maximum absolute atomic E-state index is 8.91. The Kier molecular flexibility index (Phi) is 8.09. The van der Waals surface area contributed by atoms with Gasteiger partial charge in [0.1, 0.15) is 0 Å². The van der Waals surface area contributed by atoms with Crippen molar-refractivity contribution in [1.82, 2.24) is 4.90 Å². The van der Waals surface area contributed by atoms with Gasteiger partial charge in [0, 0.05) is 23.2 Å². The lowest BCUT2D eigenvalue weighted by Crippen LogP contribution is -2.33. The van der Waals surface area contributed by atoms with Gasteiger partial charge in [-0.25, -0.2) is 0 Å². The van der Waals surface area contributed by atoms with Crippen LogP contribution in [0.4, 0.5) is 0 Å². The van der Waals surface area contributed by atoms with Crippen molar-refractivity contribution in [2.45, 2.75) is 24.3 Å². The highest BCUT2D eigenvalue weighted by atomic mass is 32.2. The molecule has 1 aromatic carbocycles. The number of nitrogens with zero attached hydrogens (tertiary/aromatic N) is 1. The van der Waals surface area contributed by atoms with Crippen molar-refractivity contribution < 1.29 is 5.11 Å². The molecule has 0 radical (unpaired) electrons. The maximum atomic E-state index is 8.91. The molecule has 0 aliphatic carbocycles. The molecular weight excluding hydrogens is 244 g/mol. The molecule has 18 heavy (non-hydrogen) atoms. The van der Waals surface area contributed by atoms with E-state index in [0.29, 0.717) is 0 Å². The smallest absolute Gasteiger partial charge is 0.0558 e. The topological polar surface area (TPSA) is 49.5 Å². The zero-order valence-electron chi connectivity index (χ0n) is 11.1. The van der Waals surface area contributed by atoms with Gasteiger partial charge in [0.05, 0.1) is 6.61 Å². The van der Waals surface area contributed by atoms with E-state index in [9.17, 15) is 0 Å². The molecule has 102 valence electrons. The van der Waals surface area contributed by atoms with Crippen LogP contribution in [0, 0.1) is 0 Å². The van der Waals surface area contributed by atoms with Crippen molar-refractivity contribution in [3.63, 3.8) is 0 Å². The summed E-state index contributed by atoms with van der Waals surface area (Å²) < 4.78 is 0. The minimum atomic E-state index is 0.211. The molecule has 0 heterocycles. The molecule has 1 unspecified atom stereocenters. The molecule has 0 fully saturated rings. The summed E-state index contributed by atoms with van der Waals surface area (Å²) in [5.41, 5.74) is 6.11. The largest absolute Gasteiger partial charge is 0.395 e. The first-order valence-electron chi connectivity index (χ1n) is 6.53. The van der Waals surface area contributed by atoms with Gasteiger partial charge in [0.15, 0.2) is 0 Å². The van der Waals surface area contributed by atoms with E-state index >= 15 is 0 Å². The monoisotopic (exact) mass is 268 g/mol. The van der Waals surface area contributed by atoms with Crippen LogP contribution in [0.25, 0.3) is 0 Å². The Morgan fingerprint density at radius 2 is 2.00 bits per heavy atom. The van der Waals surface area contributed by atoms with Crippen LogP contribution in [-0.2, 0) is 0 Å². The average Bonchev–Trinajstić information content (AvgIpc) is 2.42. The van der Waals surface area contributed by atoms with E-state index in [1.807, 2.05) is 30.0 Å². The van der Waals surface area contributed by atoms with Gasteiger partial charge in [0.2, 0.25) is 0 Å². The minimum Gasteiger partial charge on any atom is -0.395 e. The van der Waals surface area contributed by atoms with Crippen molar-refractivity contribution in [2.24, 2.45) is 5.73 Å². The molecular formula is C14H24N2OS. The van der Waals surface area contributed by atoms with E-state index in [1.54, 1.807) is 0 Å². The summed E-state index contributed by atoms with van der Waals surface area (Å²) >= 11 is 1.81. The van der Waals surface area contributed by atoms with Crippen LogP contribution in [0.5, 0.6) is 0 Å². The first-order valence-corrected chi connectivity index (χ1v) is 7.51. The van der Waals surface area contributed by atoms with E-state index in [0.717, 1.165) is 31.8 Å². The van der Waals surface area contributed by atoms with Crippen LogP contribution in [0.2, 0.25) is 0 Å². The molecule has 1 rings (SSSR count). The average molecular weight is 268 g/mol. The van der Waals surface area contributed by atoms with Gasteiger partial charge in [-0.15, -0.1) is 11.8 Å². The van der Waals surface area contributed by atoms with Gasteiger partial charge < -0.3 is 15.7 Å². The summed E-state index contributed by atoms with van der Waals surface area (Å²) in [6.07, 6.45) is 0.980. The third-order valence-corrected chi connectivity index (χ3v) is 4.09. The lowest BCUT2D eigenvalue weighted by molar-refractivity contribution is 0.198. The standard InChI is InChI=1S/C14H24N2OS/c1-2-16(10-11-17)9-8-13(15)12-18-14-6-4-3-5-7-14/h3-7,13,17H,2,8-12,15H2,1H3. The number of aliphatic hydroxyl groups excluding tert-OH is 1. The van der Waals surface area contributed by atoms with Gasteiger partial charge in [0.25, 0.3) is 0 Å². The lowest BCUT2D eigenvalue weighted by Gasteiger charge is -2.21. The molecule has 0 aliphatic heterocycles. The zero-order chi connectivity index (χ0) is 13.2. The number of rotatable bonds is 9. The second-order valence-corrected chi connectivity index (χ2v) is 5.42. The van der Waals surface area contributed by atoms with E-state index < -0.39 is 0 Å². The molecule has 0 spiro atoms. The Bertz CT molecular complexity index is 308. The number of hydrogen-bond acceptors (Lipinski definition) is 4. The normalized spacial score (nSPS) is 12.9. The van der Waals surface area contributed by atoms with Crippen molar-refractivity contribution in [3.8, 4) is 0 Å². The summed E-state index contributed by atoms with van der Waals surface area (Å²) in [6, 6.07) is 10.6. The van der Waals surface area contributed by atoms with Crippen LogP contribution < -0.4 is 5.73 Å². The highest BCUT2D eigenvalue weighted by Gasteiger charge is 2.07. The fourth-order valence-corrected chi connectivity index (χ4v) is 2.64. The molecule has 0 aromatic heterocycles. The first kappa shape index (κ1) is 15.5. The van der Waals surface area contributed by atoms with Crippen LogP contribution in [0.15, 0.2) is 35.2 Å². The van der Waals surface area contributed by atoms with Gasteiger partial charge in [-0.2, -0.15) is 0 Å². The van der Waals surface area contributed by atoms with Crippen LogP contribution in [0.1, 0.15) is 13.3 Å². The number of aliphatic hydroxyl groups is 1. The summed E-state index contributed by atoms with van der Waals surface area (Å²) in [5, 5.41) is 8.91. The SMILES string of the molecule is CCN(CCO)CCC(N)CSc1ccccc1. The summed E-state index contributed by atoms with van der Waals surface area (Å²) in [7, 11) is 0. The molecule has 1 atom stereocenters. The Morgan fingerprint density at radius 1 is 1.28 bits per heavy atom. The zero-order valence-corrected chi connectivity index (χ0v) is 11.9. The Morgan fingerprint density at radius 3 is 2.61 bits per heavy atom.